The zero-order valence-electron chi connectivity index (χ0n) is 12.2. The highest BCUT2D eigenvalue weighted by molar-refractivity contribution is 7.16. The number of thiophene rings is 1. The van der Waals surface area contributed by atoms with E-state index in [-0.39, 0.29) is 11.9 Å². The summed E-state index contributed by atoms with van der Waals surface area (Å²) < 4.78 is 24.8. The zero-order chi connectivity index (χ0) is 15.6. The quantitative estimate of drug-likeness (QED) is 0.789. The van der Waals surface area contributed by atoms with E-state index < -0.39 is 0 Å². The van der Waals surface area contributed by atoms with Gasteiger partial charge in [0.1, 0.15) is 34.6 Å². The second kappa shape index (κ2) is 6.10. The third-order valence-electron chi connectivity index (χ3n) is 3.64. The van der Waals surface area contributed by atoms with Gasteiger partial charge in [0.15, 0.2) is 0 Å². The Kier molecular flexibility index (Phi) is 3.80. The van der Waals surface area contributed by atoms with Crippen molar-refractivity contribution < 1.29 is 13.9 Å². The van der Waals surface area contributed by atoms with Crippen LogP contribution in [0.15, 0.2) is 36.0 Å². The van der Waals surface area contributed by atoms with Crippen LogP contribution in [0.25, 0.3) is 10.2 Å². The summed E-state index contributed by atoms with van der Waals surface area (Å²) in [6, 6.07) is 6.39. The molecule has 0 bridgehead atoms. The minimum absolute atomic E-state index is 0.0519. The van der Waals surface area contributed by atoms with Crippen LogP contribution in [0.1, 0.15) is 6.42 Å². The second-order valence-corrected chi connectivity index (χ2v) is 6.13. The van der Waals surface area contributed by atoms with Crippen molar-refractivity contribution in [3.8, 4) is 5.75 Å². The van der Waals surface area contributed by atoms with Crippen LogP contribution >= 0.6 is 11.3 Å². The minimum atomic E-state index is -0.340. The molecule has 5 nitrogen and oxygen atoms in total. The zero-order valence-corrected chi connectivity index (χ0v) is 13.0. The first kappa shape index (κ1) is 14.3. The van der Waals surface area contributed by atoms with E-state index in [2.05, 4.69) is 15.3 Å². The predicted octanol–water partition coefficient (Wildman–Crippen LogP) is 3.74. The van der Waals surface area contributed by atoms with Crippen LogP contribution in [0.5, 0.6) is 5.75 Å². The molecule has 0 amide bonds. The number of nitrogens with one attached hydrogen (secondary N) is 1. The predicted molar refractivity (Wildman–Crippen MR) is 86.9 cm³/mol. The highest BCUT2D eigenvalue weighted by Crippen LogP contribution is 2.33. The van der Waals surface area contributed by atoms with Gasteiger partial charge in [-0.2, -0.15) is 0 Å². The van der Waals surface area contributed by atoms with Gasteiger partial charge in [-0.05, 0) is 23.6 Å². The van der Waals surface area contributed by atoms with E-state index in [1.54, 1.807) is 17.4 Å². The van der Waals surface area contributed by atoms with E-state index in [1.807, 2.05) is 11.4 Å². The van der Waals surface area contributed by atoms with Gasteiger partial charge in [0.05, 0.1) is 24.3 Å². The molecule has 1 aliphatic heterocycles. The van der Waals surface area contributed by atoms with E-state index in [9.17, 15) is 4.39 Å². The molecule has 3 aromatic rings. The summed E-state index contributed by atoms with van der Waals surface area (Å²) in [6.07, 6.45) is 2.26. The molecule has 1 aliphatic rings. The van der Waals surface area contributed by atoms with Gasteiger partial charge in [-0.15, -0.1) is 11.3 Å². The number of benzene rings is 1. The molecular formula is C16H14FN3O2S. The van der Waals surface area contributed by atoms with Gasteiger partial charge >= 0.3 is 0 Å². The first-order valence-corrected chi connectivity index (χ1v) is 8.17. The van der Waals surface area contributed by atoms with Crippen LogP contribution in [-0.2, 0) is 4.74 Å². The van der Waals surface area contributed by atoms with Crippen molar-refractivity contribution >= 4 is 33.1 Å². The molecule has 1 N–H and O–H groups in total. The maximum absolute atomic E-state index is 13.6. The number of hydrogen-bond acceptors (Lipinski definition) is 6. The smallest absolute Gasteiger partial charge is 0.146 e. The fourth-order valence-electron chi connectivity index (χ4n) is 2.50. The molecule has 0 unspecified atom stereocenters. The minimum Gasteiger partial charge on any atom is -0.486 e. The molecule has 0 spiro atoms. The maximum Gasteiger partial charge on any atom is 0.146 e. The highest BCUT2D eigenvalue weighted by atomic mass is 32.1. The Bertz CT molecular complexity index is 833. The van der Waals surface area contributed by atoms with Crippen LogP contribution in [0, 0.1) is 5.82 Å². The number of nitrogens with zero attached hydrogens (tertiary/aromatic N) is 2. The molecule has 0 aliphatic carbocycles. The number of rotatable bonds is 4. The summed E-state index contributed by atoms with van der Waals surface area (Å²) in [7, 11) is 0. The maximum atomic E-state index is 13.6. The number of aromatic nitrogens is 2. The fourth-order valence-corrected chi connectivity index (χ4v) is 3.23. The summed E-state index contributed by atoms with van der Waals surface area (Å²) in [5.74, 6) is 0.797. The molecule has 23 heavy (non-hydrogen) atoms. The van der Waals surface area contributed by atoms with Crippen molar-refractivity contribution in [2.75, 3.05) is 18.5 Å². The lowest BCUT2D eigenvalue weighted by molar-refractivity contribution is 0.141. The molecule has 1 aromatic carbocycles. The first-order valence-electron chi connectivity index (χ1n) is 7.29. The van der Waals surface area contributed by atoms with Crippen molar-refractivity contribution in [2.24, 2.45) is 0 Å². The molecule has 3 heterocycles. The molecule has 4 rings (SSSR count). The Morgan fingerprint density at radius 2 is 2.26 bits per heavy atom. The van der Waals surface area contributed by atoms with Gasteiger partial charge in [0, 0.05) is 12.5 Å². The van der Waals surface area contributed by atoms with Gasteiger partial charge in [0.25, 0.3) is 0 Å². The van der Waals surface area contributed by atoms with Crippen LogP contribution in [0.2, 0.25) is 0 Å². The van der Waals surface area contributed by atoms with Crippen molar-refractivity contribution in [1.82, 2.24) is 9.97 Å². The van der Waals surface area contributed by atoms with E-state index in [0.717, 1.165) is 16.6 Å². The molecule has 1 saturated heterocycles. The van der Waals surface area contributed by atoms with E-state index >= 15 is 0 Å². The van der Waals surface area contributed by atoms with Gasteiger partial charge in [-0.1, -0.05) is 0 Å². The van der Waals surface area contributed by atoms with E-state index in [0.29, 0.717) is 30.5 Å². The third-order valence-corrected chi connectivity index (χ3v) is 4.46. The SMILES string of the molecule is Fc1ccc(Nc2ncnc3sccc23)c(O[C@@H]2CCOC2)c1. The molecule has 118 valence electrons. The number of hydrogen-bond donors (Lipinski definition) is 1. The molecule has 2 aromatic heterocycles. The Labute approximate surface area is 136 Å². The van der Waals surface area contributed by atoms with Gasteiger partial charge in [0.2, 0.25) is 0 Å². The van der Waals surface area contributed by atoms with Crippen LogP contribution in [-0.4, -0.2) is 29.3 Å². The fraction of sp³-hybridized carbons (Fsp3) is 0.250. The normalized spacial score (nSPS) is 17.5. The lowest BCUT2D eigenvalue weighted by atomic mass is 10.2. The molecule has 1 fully saturated rings. The van der Waals surface area contributed by atoms with Crippen LogP contribution in [0.4, 0.5) is 15.9 Å². The lowest BCUT2D eigenvalue weighted by Gasteiger charge is -2.16. The Morgan fingerprint density at radius 3 is 3.13 bits per heavy atom. The third kappa shape index (κ3) is 2.97. The van der Waals surface area contributed by atoms with Crippen molar-refractivity contribution in [1.29, 1.82) is 0 Å². The summed E-state index contributed by atoms with van der Waals surface area (Å²) in [5, 5.41) is 6.11. The average molecular weight is 331 g/mol. The monoisotopic (exact) mass is 331 g/mol. The first-order chi connectivity index (χ1) is 11.3. The standard InChI is InChI=1S/C16H14FN3O2S/c17-10-1-2-13(14(7-10)22-11-3-5-21-8-11)20-15-12-4-6-23-16(12)19-9-18-15/h1-2,4,6-7,9,11H,3,5,8H2,(H,18,19,20)/t11-/m1/s1. The highest BCUT2D eigenvalue weighted by Gasteiger charge is 2.19. The molecular weight excluding hydrogens is 317 g/mol. The Hall–Kier alpha value is -2.25. The number of fused-ring (bicyclic) bond motifs is 1. The summed E-state index contributed by atoms with van der Waals surface area (Å²) in [6.45, 7) is 1.20. The molecule has 1 atom stereocenters. The summed E-state index contributed by atoms with van der Waals surface area (Å²) in [5.41, 5.74) is 0.671. The van der Waals surface area contributed by atoms with Crippen molar-refractivity contribution in [3.63, 3.8) is 0 Å². The topological polar surface area (TPSA) is 56.3 Å². The largest absolute Gasteiger partial charge is 0.486 e. The van der Waals surface area contributed by atoms with Gasteiger partial charge in [-0.25, -0.2) is 14.4 Å². The van der Waals surface area contributed by atoms with Crippen molar-refractivity contribution in [2.45, 2.75) is 12.5 Å². The van der Waals surface area contributed by atoms with Crippen molar-refractivity contribution in [3.05, 3.63) is 41.8 Å². The number of anilines is 2. The molecule has 0 radical (unpaired) electrons. The summed E-state index contributed by atoms with van der Waals surface area (Å²) >= 11 is 1.55. The van der Waals surface area contributed by atoms with E-state index in [4.69, 9.17) is 9.47 Å². The lowest BCUT2D eigenvalue weighted by Crippen LogP contribution is -2.16. The van der Waals surface area contributed by atoms with E-state index in [1.165, 1.54) is 18.5 Å². The molecule has 7 heteroatoms. The Balaban J connectivity index is 1.66. The number of ether oxygens (including phenoxy) is 2. The average Bonchev–Trinajstić information content (AvgIpc) is 3.21. The Morgan fingerprint density at radius 1 is 1.30 bits per heavy atom. The van der Waals surface area contributed by atoms with Gasteiger partial charge in [-0.3, -0.25) is 0 Å². The summed E-state index contributed by atoms with van der Waals surface area (Å²) in [4.78, 5) is 9.40. The van der Waals surface area contributed by atoms with Gasteiger partial charge < -0.3 is 14.8 Å². The van der Waals surface area contributed by atoms with Crippen LogP contribution in [0.3, 0.4) is 0 Å². The second-order valence-electron chi connectivity index (χ2n) is 5.23. The molecule has 0 saturated carbocycles. The van der Waals surface area contributed by atoms with Crippen LogP contribution < -0.4 is 10.1 Å². The number of halogens is 1.